The van der Waals surface area contributed by atoms with E-state index in [-0.39, 0.29) is 11.8 Å². The van der Waals surface area contributed by atoms with Crippen molar-refractivity contribution in [3.63, 3.8) is 0 Å². The zero-order chi connectivity index (χ0) is 13.9. The summed E-state index contributed by atoms with van der Waals surface area (Å²) in [5.74, 6) is 0.349. The molecular formula is C16H18N2OS. The van der Waals surface area contributed by atoms with Crippen LogP contribution in [-0.2, 0) is 17.6 Å². The van der Waals surface area contributed by atoms with Gasteiger partial charge in [0.05, 0.1) is 0 Å². The predicted octanol–water partition coefficient (Wildman–Crippen LogP) is 3.64. The molecule has 1 amide bonds. The third kappa shape index (κ3) is 3.25. The molecule has 0 spiro atoms. The van der Waals surface area contributed by atoms with Crippen LogP contribution < -0.4 is 5.32 Å². The Morgan fingerprint density at radius 2 is 2.00 bits per heavy atom. The maximum Gasteiger partial charge on any atom is 0.229 e. The Hall–Kier alpha value is -1.68. The average Bonchev–Trinajstić information content (AvgIpc) is 3.23. The fourth-order valence-electron chi connectivity index (χ4n) is 2.09. The number of thiazole rings is 1. The summed E-state index contributed by atoms with van der Waals surface area (Å²) in [6, 6.07) is 8.68. The van der Waals surface area contributed by atoms with Crippen molar-refractivity contribution in [2.24, 2.45) is 5.92 Å². The van der Waals surface area contributed by atoms with Crippen LogP contribution in [0.5, 0.6) is 0 Å². The van der Waals surface area contributed by atoms with Crippen LogP contribution in [0.3, 0.4) is 0 Å². The lowest BCUT2D eigenvalue weighted by Gasteiger charge is -2.00. The Balaban J connectivity index is 1.62. The Kier molecular flexibility index (Phi) is 3.83. The van der Waals surface area contributed by atoms with E-state index in [9.17, 15) is 4.79 Å². The van der Waals surface area contributed by atoms with Crippen LogP contribution in [0, 0.1) is 5.92 Å². The molecule has 1 N–H and O–H groups in total. The van der Waals surface area contributed by atoms with Gasteiger partial charge in [0.15, 0.2) is 5.13 Å². The van der Waals surface area contributed by atoms with E-state index < -0.39 is 0 Å². The Morgan fingerprint density at radius 3 is 2.65 bits per heavy atom. The Morgan fingerprint density at radius 1 is 1.30 bits per heavy atom. The van der Waals surface area contributed by atoms with Crippen LogP contribution in [-0.4, -0.2) is 10.9 Å². The normalized spacial score (nSPS) is 14.2. The predicted molar refractivity (Wildman–Crippen MR) is 82.1 cm³/mol. The second kappa shape index (κ2) is 5.75. The molecule has 1 aliphatic carbocycles. The number of carbonyl (C=O) groups is 1. The van der Waals surface area contributed by atoms with Gasteiger partial charge in [0, 0.05) is 23.4 Å². The van der Waals surface area contributed by atoms with Gasteiger partial charge in [0.1, 0.15) is 0 Å². The van der Waals surface area contributed by atoms with E-state index in [4.69, 9.17) is 0 Å². The van der Waals surface area contributed by atoms with Crippen LogP contribution in [0.2, 0.25) is 0 Å². The number of anilines is 1. The second-order valence-corrected chi connectivity index (χ2v) is 6.36. The third-order valence-corrected chi connectivity index (χ3v) is 4.45. The van der Waals surface area contributed by atoms with Crippen molar-refractivity contribution in [1.29, 1.82) is 0 Å². The summed E-state index contributed by atoms with van der Waals surface area (Å²) in [6.45, 7) is 2.16. The zero-order valence-electron chi connectivity index (χ0n) is 11.6. The van der Waals surface area contributed by atoms with Gasteiger partial charge < -0.3 is 5.32 Å². The van der Waals surface area contributed by atoms with Crippen LogP contribution >= 0.6 is 11.3 Å². The molecule has 1 aromatic carbocycles. The smallest absolute Gasteiger partial charge is 0.229 e. The number of hydrogen-bond acceptors (Lipinski definition) is 3. The van der Waals surface area contributed by atoms with Gasteiger partial charge in [-0.05, 0) is 30.4 Å². The van der Waals surface area contributed by atoms with E-state index in [1.165, 1.54) is 16.0 Å². The van der Waals surface area contributed by atoms with E-state index >= 15 is 0 Å². The number of amides is 1. The minimum Gasteiger partial charge on any atom is -0.302 e. The van der Waals surface area contributed by atoms with Gasteiger partial charge in [0.25, 0.3) is 0 Å². The summed E-state index contributed by atoms with van der Waals surface area (Å²) in [4.78, 5) is 17.1. The minimum absolute atomic E-state index is 0.123. The molecule has 0 bridgehead atoms. The van der Waals surface area contributed by atoms with E-state index in [1.54, 1.807) is 11.3 Å². The molecule has 1 heterocycles. The molecule has 2 aromatic rings. The summed E-state index contributed by atoms with van der Waals surface area (Å²) in [5.41, 5.74) is 2.64. The molecule has 0 radical (unpaired) electrons. The fourth-order valence-corrected chi connectivity index (χ4v) is 2.94. The lowest BCUT2D eigenvalue weighted by Crippen LogP contribution is -2.12. The molecule has 0 saturated heterocycles. The molecule has 1 aliphatic rings. The number of nitrogens with zero attached hydrogens (tertiary/aromatic N) is 1. The fraction of sp³-hybridized carbons (Fsp3) is 0.375. The first-order valence-corrected chi connectivity index (χ1v) is 7.89. The highest BCUT2D eigenvalue weighted by Gasteiger charge is 2.30. The number of nitrogens with one attached hydrogen (secondary N) is 1. The van der Waals surface area contributed by atoms with Gasteiger partial charge in [-0.2, -0.15) is 0 Å². The van der Waals surface area contributed by atoms with Crippen molar-refractivity contribution >= 4 is 22.4 Å². The van der Waals surface area contributed by atoms with Crippen molar-refractivity contribution in [2.45, 2.75) is 32.6 Å². The molecule has 20 heavy (non-hydrogen) atoms. The Bertz CT molecular complexity index is 599. The van der Waals surface area contributed by atoms with E-state index in [2.05, 4.69) is 41.5 Å². The zero-order valence-corrected chi connectivity index (χ0v) is 12.4. The average molecular weight is 286 g/mol. The highest BCUT2D eigenvalue weighted by molar-refractivity contribution is 7.15. The highest BCUT2D eigenvalue weighted by Crippen LogP contribution is 2.31. The number of benzene rings is 1. The molecule has 3 rings (SSSR count). The van der Waals surface area contributed by atoms with Crippen LogP contribution in [0.25, 0.3) is 0 Å². The lowest BCUT2D eigenvalue weighted by atomic mass is 10.1. The molecule has 4 heteroatoms. The number of aromatic nitrogens is 1. The highest BCUT2D eigenvalue weighted by atomic mass is 32.1. The molecule has 104 valence electrons. The quantitative estimate of drug-likeness (QED) is 0.911. The lowest BCUT2D eigenvalue weighted by molar-refractivity contribution is -0.117. The van der Waals surface area contributed by atoms with E-state index in [1.807, 2.05) is 6.20 Å². The molecule has 1 aromatic heterocycles. The summed E-state index contributed by atoms with van der Waals surface area (Å²) >= 11 is 1.57. The topological polar surface area (TPSA) is 42.0 Å². The molecular weight excluding hydrogens is 268 g/mol. The summed E-state index contributed by atoms with van der Waals surface area (Å²) in [5, 5.41) is 3.62. The van der Waals surface area contributed by atoms with Gasteiger partial charge >= 0.3 is 0 Å². The van der Waals surface area contributed by atoms with E-state index in [0.717, 1.165) is 30.8 Å². The van der Waals surface area contributed by atoms with Crippen LogP contribution in [0.4, 0.5) is 5.13 Å². The first-order chi connectivity index (χ1) is 9.74. The van der Waals surface area contributed by atoms with Crippen molar-refractivity contribution in [3.8, 4) is 0 Å². The second-order valence-electron chi connectivity index (χ2n) is 5.24. The van der Waals surface area contributed by atoms with Crippen LogP contribution in [0.1, 0.15) is 35.8 Å². The number of aryl methyl sites for hydroxylation is 1. The number of rotatable bonds is 5. The molecule has 0 aliphatic heterocycles. The van der Waals surface area contributed by atoms with Gasteiger partial charge in [-0.15, -0.1) is 11.3 Å². The van der Waals surface area contributed by atoms with Gasteiger partial charge in [-0.1, -0.05) is 31.2 Å². The Labute approximate surface area is 123 Å². The number of hydrogen-bond donors (Lipinski definition) is 1. The summed E-state index contributed by atoms with van der Waals surface area (Å²) in [6.07, 6.45) is 5.85. The summed E-state index contributed by atoms with van der Waals surface area (Å²) in [7, 11) is 0. The van der Waals surface area contributed by atoms with Crippen molar-refractivity contribution in [1.82, 2.24) is 4.98 Å². The van der Waals surface area contributed by atoms with Crippen molar-refractivity contribution < 1.29 is 4.79 Å². The first kappa shape index (κ1) is 13.3. The molecule has 0 atom stereocenters. The van der Waals surface area contributed by atoms with Crippen molar-refractivity contribution in [2.75, 3.05) is 5.32 Å². The van der Waals surface area contributed by atoms with Gasteiger partial charge in [-0.3, -0.25) is 4.79 Å². The standard InChI is InChI=1S/C16H18N2OS/c1-2-11-3-5-12(6-4-11)9-14-10-17-16(20-14)18-15(19)13-7-8-13/h3-6,10,13H,2,7-9H2,1H3,(H,17,18,19). The van der Waals surface area contributed by atoms with Gasteiger partial charge in [-0.25, -0.2) is 4.98 Å². The SMILES string of the molecule is CCc1ccc(Cc2cnc(NC(=O)C3CC3)s2)cc1. The molecule has 1 fully saturated rings. The first-order valence-electron chi connectivity index (χ1n) is 7.08. The molecule has 1 saturated carbocycles. The summed E-state index contributed by atoms with van der Waals surface area (Å²) < 4.78 is 0. The maximum atomic E-state index is 11.7. The van der Waals surface area contributed by atoms with Crippen molar-refractivity contribution in [3.05, 3.63) is 46.5 Å². The van der Waals surface area contributed by atoms with Gasteiger partial charge in [0.2, 0.25) is 5.91 Å². The number of carbonyl (C=O) groups excluding carboxylic acids is 1. The molecule has 3 nitrogen and oxygen atoms in total. The van der Waals surface area contributed by atoms with E-state index in [0.29, 0.717) is 0 Å². The van der Waals surface area contributed by atoms with Crippen LogP contribution in [0.15, 0.2) is 30.5 Å². The molecule has 0 unspecified atom stereocenters. The monoisotopic (exact) mass is 286 g/mol. The minimum atomic E-state index is 0.123. The maximum absolute atomic E-state index is 11.7. The largest absolute Gasteiger partial charge is 0.302 e. The third-order valence-electron chi connectivity index (χ3n) is 3.54.